The van der Waals surface area contributed by atoms with E-state index >= 15 is 0 Å². The number of hydrogen-bond acceptors (Lipinski definition) is 6. The Morgan fingerprint density at radius 1 is 0.287 bits per heavy atom. The van der Waals surface area contributed by atoms with E-state index in [2.05, 4.69) is 289 Å². The summed E-state index contributed by atoms with van der Waals surface area (Å²) in [4.78, 5) is 83.1. The molecular weight excluding hydrogens is 1980 g/mol. The number of hydrogen-bond donors (Lipinski definition) is 0. The van der Waals surface area contributed by atoms with Crippen molar-refractivity contribution < 1.29 is 55.1 Å². The highest BCUT2D eigenvalue weighted by Crippen LogP contribution is 2.47. The molecule has 136 heavy (non-hydrogen) atoms. The Morgan fingerprint density at radius 2 is 0.515 bits per heavy atom. The highest BCUT2D eigenvalue weighted by atomic mass is 79.9. The molecule has 12 aromatic rings. The molecule has 12 aromatic carbocycles. The Bertz CT molecular complexity index is 6120. The molecule has 0 spiro atoms. The van der Waals surface area contributed by atoms with E-state index in [1.165, 1.54) is 148 Å². The third-order valence-electron chi connectivity index (χ3n) is 26.1. The van der Waals surface area contributed by atoms with E-state index in [0.29, 0.717) is 65.4 Å². The summed E-state index contributed by atoms with van der Waals surface area (Å²) >= 11 is 13.9. The SMILES string of the molecule is C=CC(=O)N1Cc2ccc(Br)cc2[C@@H](c2ccccc2C(F)(F)F)C1.C=CC(=O)N1Cc2ccc(Br)cc2[C@@H](c2ccccc2C)C1.C=CC(=O)N1Cc2ccc(Br)cc2[C@H](c2ccccc2C(F)(F)F)C1.C=CC(=O)N1Cc2ccc(Br)cc2[C@H](c2ccccc2C)C1.C=CC(=O)N1Cc2ccccc2[C@@](C)(c2ccccc2)C1.C=CC(=O)N1Cc2ccccc2[C@](C)(c2ccccc2)C1. The molecule has 6 aliphatic heterocycles. The molecule has 0 fully saturated rings. The number of carbonyl (C=O) groups excluding carboxylic acids is 6. The maximum atomic E-state index is 13.5. The van der Waals surface area contributed by atoms with Crippen LogP contribution in [0.15, 0.2) is 373 Å². The molecule has 0 N–H and O–H groups in total. The van der Waals surface area contributed by atoms with Crippen LogP contribution in [0.4, 0.5) is 26.3 Å². The molecule has 0 saturated heterocycles. The summed E-state index contributed by atoms with van der Waals surface area (Å²) in [5.74, 6) is -1.31. The Hall–Kier alpha value is -12.6. The van der Waals surface area contributed by atoms with Crippen molar-refractivity contribution in [2.24, 2.45) is 0 Å². The van der Waals surface area contributed by atoms with Crippen LogP contribution >= 0.6 is 63.7 Å². The largest absolute Gasteiger partial charge is 0.416 e. The van der Waals surface area contributed by atoms with Gasteiger partial charge in [-0.25, -0.2) is 0 Å². The van der Waals surface area contributed by atoms with Crippen LogP contribution in [-0.2, 0) is 91.2 Å². The van der Waals surface area contributed by atoms with E-state index in [-0.39, 0.29) is 82.3 Å². The quantitative estimate of drug-likeness (QED) is 0.0887. The predicted molar refractivity (Wildman–Crippen MR) is 542 cm³/mol. The maximum absolute atomic E-state index is 13.5. The van der Waals surface area contributed by atoms with Gasteiger partial charge in [0.2, 0.25) is 35.4 Å². The number of aryl methyl sites for hydroxylation is 2. The molecule has 0 aromatic heterocycles. The summed E-state index contributed by atoms with van der Waals surface area (Å²) in [6, 6.07) is 89.1. The van der Waals surface area contributed by atoms with Crippen molar-refractivity contribution in [1.29, 1.82) is 0 Å². The molecule has 6 amide bonds. The third-order valence-corrected chi connectivity index (χ3v) is 28.1. The standard InChI is InChI=1S/2C19H15BrF3NO.2C19H18BrNO.2C19H19NO/c2*1-2-18(25)24-10-12-7-8-13(20)9-15(12)16(11-24)14-5-3-4-6-17(14)19(21,22)23;2*1-3-19(22)21-11-14-8-9-15(20)10-17(14)18(12-21)16-7-5-4-6-13(16)2;2*1-3-18(21)20-13-15-9-7-8-12-17(15)19(2,14-20)16-10-5-4-6-11-16/h2*2-9,16H,1,10-11H2;2*3-10,18H,1,11-12H2,2H3;2*3-12H,1,13-14H2,2H3/t2*16-;2*18-;2*19-/m101010/s1. The second-order valence-electron chi connectivity index (χ2n) is 34.7. The van der Waals surface area contributed by atoms with Crippen molar-refractivity contribution >= 4 is 99.2 Å². The summed E-state index contributed by atoms with van der Waals surface area (Å²) < 4.78 is 84.6. The summed E-state index contributed by atoms with van der Waals surface area (Å²) in [6.07, 6.45) is -0.912. The molecule has 0 saturated carbocycles. The molecule has 696 valence electrons. The smallest absolute Gasteiger partial charge is 0.334 e. The van der Waals surface area contributed by atoms with Gasteiger partial charge in [0.05, 0.1) is 11.1 Å². The fourth-order valence-electron chi connectivity index (χ4n) is 19.3. The van der Waals surface area contributed by atoms with Gasteiger partial charge in [0.1, 0.15) is 0 Å². The lowest BCUT2D eigenvalue weighted by Crippen LogP contribution is -2.46. The summed E-state index contributed by atoms with van der Waals surface area (Å²) in [6.45, 7) is 36.6. The topological polar surface area (TPSA) is 122 Å². The molecule has 0 unspecified atom stereocenters. The minimum absolute atomic E-state index is 0.00727. The average Bonchev–Trinajstić information content (AvgIpc) is 0.372. The van der Waals surface area contributed by atoms with Crippen molar-refractivity contribution in [3.05, 3.63) is 495 Å². The predicted octanol–water partition coefficient (Wildman–Crippen LogP) is 26.1. The van der Waals surface area contributed by atoms with Crippen molar-refractivity contribution in [2.45, 2.75) is 114 Å². The van der Waals surface area contributed by atoms with E-state index < -0.39 is 35.3 Å². The van der Waals surface area contributed by atoms with Crippen LogP contribution in [0.3, 0.4) is 0 Å². The molecule has 6 aliphatic rings. The first kappa shape index (κ1) is 101. The van der Waals surface area contributed by atoms with Crippen molar-refractivity contribution in [1.82, 2.24) is 29.4 Å². The second kappa shape index (κ2) is 44.5. The lowest BCUT2D eigenvalue weighted by Gasteiger charge is -2.42. The number of alkyl halides is 6. The lowest BCUT2D eigenvalue weighted by atomic mass is 9.72. The molecule has 18 rings (SSSR count). The third kappa shape index (κ3) is 23.2. The van der Waals surface area contributed by atoms with Crippen LogP contribution in [0, 0.1) is 13.8 Å². The van der Waals surface area contributed by atoms with Crippen LogP contribution in [0.5, 0.6) is 0 Å². The number of amides is 6. The zero-order valence-electron chi connectivity index (χ0n) is 76.0. The van der Waals surface area contributed by atoms with Gasteiger partial charge >= 0.3 is 12.4 Å². The van der Waals surface area contributed by atoms with Crippen LogP contribution < -0.4 is 0 Å². The molecule has 0 bridgehead atoms. The van der Waals surface area contributed by atoms with Gasteiger partial charge in [0.15, 0.2) is 0 Å². The number of nitrogens with zero attached hydrogens (tertiary/aromatic N) is 6. The normalized spacial score (nSPS) is 18.2. The van der Waals surface area contributed by atoms with Gasteiger partial charge in [0.25, 0.3) is 0 Å². The van der Waals surface area contributed by atoms with E-state index in [9.17, 15) is 55.1 Å². The van der Waals surface area contributed by atoms with Crippen LogP contribution in [0.2, 0.25) is 0 Å². The molecular formula is C114H104Br4F6N6O6. The molecule has 0 aliphatic carbocycles. The van der Waals surface area contributed by atoms with Crippen LogP contribution in [0.25, 0.3) is 0 Å². The number of benzene rings is 12. The Labute approximate surface area is 825 Å². The Balaban J connectivity index is 0.000000138. The molecule has 6 atom stereocenters. The first-order valence-electron chi connectivity index (χ1n) is 44.4. The highest BCUT2D eigenvalue weighted by Gasteiger charge is 2.44. The average molecular weight is 2090 g/mol. The van der Waals surface area contributed by atoms with Crippen molar-refractivity contribution in [2.75, 3.05) is 39.3 Å². The van der Waals surface area contributed by atoms with Gasteiger partial charge in [0, 0.05) is 131 Å². The minimum atomic E-state index is -4.45. The minimum Gasteiger partial charge on any atom is -0.334 e. The van der Waals surface area contributed by atoms with Crippen molar-refractivity contribution in [3.63, 3.8) is 0 Å². The Morgan fingerprint density at radius 3 is 0.787 bits per heavy atom. The number of halogens is 10. The van der Waals surface area contributed by atoms with Crippen LogP contribution in [-0.4, -0.2) is 104 Å². The number of carbonyl (C=O) groups is 6. The molecule has 6 heterocycles. The fraction of sp³-hybridized carbons (Fsp3) is 0.211. The van der Waals surface area contributed by atoms with Gasteiger partial charge in [-0.3, -0.25) is 28.8 Å². The summed E-state index contributed by atoms with van der Waals surface area (Å²) in [5.41, 5.74) is 19.5. The summed E-state index contributed by atoms with van der Waals surface area (Å²) in [7, 11) is 0. The van der Waals surface area contributed by atoms with Crippen LogP contribution in [0.1, 0.15) is 160 Å². The number of rotatable bonds is 12. The van der Waals surface area contributed by atoms with E-state index in [1.807, 2.05) is 92.4 Å². The Kier molecular flexibility index (Phi) is 33.0. The van der Waals surface area contributed by atoms with E-state index in [0.717, 1.165) is 52.3 Å². The molecule has 12 nitrogen and oxygen atoms in total. The fourth-order valence-corrected chi connectivity index (χ4v) is 20.9. The van der Waals surface area contributed by atoms with Gasteiger partial charge in [-0.2, -0.15) is 26.3 Å². The second-order valence-corrected chi connectivity index (χ2v) is 38.3. The first-order chi connectivity index (χ1) is 65.1. The number of fused-ring (bicyclic) bond motifs is 6. The molecule has 22 heteroatoms. The summed E-state index contributed by atoms with van der Waals surface area (Å²) in [5, 5.41) is 0. The first-order valence-corrected chi connectivity index (χ1v) is 47.6. The van der Waals surface area contributed by atoms with E-state index in [1.54, 1.807) is 12.1 Å². The highest BCUT2D eigenvalue weighted by molar-refractivity contribution is 9.11. The molecule has 0 radical (unpaired) electrons. The monoisotopic (exact) mass is 2080 g/mol. The van der Waals surface area contributed by atoms with Gasteiger partial charge in [-0.15, -0.1) is 0 Å². The maximum Gasteiger partial charge on any atom is 0.416 e. The van der Waals surface area contributed by atoms with Gasteiger partial charge in [-0.1, -0.05) is 322 Å². The van der Waals surface area contributed by atoms with Gasteiger partial charge < -0.3 is 29.4 Å². The van der Waals surface area contributed by atoms with Crippen molar-refractivity contribution in [3.8, 4) is 0 Å². The van der Waals surface area contributed by atoms with E-state index in [4.69, 9.17) is 0 Å². The zero-order valence-corrected chi connectivity index (χ0v) is 82.3. The lowest BCUT2D eigenvalue weighted by molar-refractivity contribution is -0.139. The zero-order chi connectivity index (χ0) is 97.5. The van der Waals surface area contributed by atoms with Gasteiger partial charge in [-0.05, 0) is 236 Å².